The van der Waals surface area contributed by atoms with Crippen molar-refractivity contribution in [3.8, 4) is 16.8 Å². The van der Waals surface area contributed by atoms with Crippen molar-refractivity contribution in [3.63, 3.8) is 0 Å². The van der Waals surface area contributed by atoms with Crippen LogP contribution in [0.15, 0.2) is 72.9 Å². The quantitative estimate of drug-likeness (QED) is 0.252. The molecule has 0 N–H and O–H groups in total. The van der Waals surface area contributed by atoms with E-state index in [4.69, 9.17) is 0 Å². The second-order valence-corrected chi connectivity index (χ2v) is 8.39. The molecule has 3 aromatic carbocycles. The zero-order valence-electron chi connectivity index (χ0n) is 14.1. The summed E-state index contributed by atoms with van der Waals surface area (Å²) in [4.78, 5) is 0. The molecule has 4 heteroatoms. The van der Waals surface area contributed by atoms with E-state index in [9.17, 15) is 0 Å². The second-order valence-electron chi connectivity index (χ2n) is 6.11. The molecule has 26 heavy (non-hydrogen) atoms. The van der Waals surface area contributed by atoms with E-state index in [0.29, 0.717) is 14.5 Å². The normalized spacial score (nSPS) is 11.0. The topological polar surface area (TPSA) is 17.8 Å². The van der Waals surface area contributed by atoms with Crippen molar-refractivity contribution in [1.82, 2.24) is 9.78 Å². The predicted molar refractivity (Wildman–Crippen MR) is 105 cm³/mol. The van der Waals surface area contributed by atoms with Gasteiger partial charge in [-0.15, -0.1) is 0 Å². The summed E-state index contributed by atoms with van der Waals surface area (Å²) in [6, 6.07) is 26.8. The van der Waals surface area contributed by atoms with Crippen molar-refractivity contribution in [3.05, 3.63) is 84.7 Å². The molecule has 0 fully saturated rings. The average molecular weight is 489 g/mol. The van der Waals surface area contributed by atoms with Gasteiger partial charge in [0.1, 0.15) is 0 Å². The molecule has 0 atom stereocenters. The molecule has 129 valence electrons. The SMILES string of the molecule is Cc1c(-c2ccc3[se]c4ccccc4c3c2)cnn1-c1[c-]cccc1.[Rh]. The molecule has 2 heterocycles. The predicted octanol–water partition coefficient (Wildman–Crippen LogP) is 5.01. The van der Waals surface area contributed by atoms with Crippen LogP contribution in [0, 0.1) is 13.0 Å². The van der Waals surface area contributed by atoms with Gasteiger partial charge >= 0.3 is 152 Å². The van der Waals surface area contributed by atoms with Gasteiger partial charge in [-0.2, -0.15) is 0 Å². The Hall–Kier alpha value is -1.99. The number of aromatic nitrogens is 2. The van der Waals surface area contributed by atoms with Crippen LogP contribution in [0.4, 0.5) is 0 Å². The van der Waals surface area contributed by atoms with Crippen LogP contribution in [0.1, 0.15) is 5.69 Å². The van der Waals surface area contributed by atoms with Gasteiger partial charge in [-0.05, 0) is 0 Å². The number of nitrogens with zero attached hydrogens (tertiary/aromatic N) is 2. The Labute approximate surface area is 171 Å². The Kier molecular flexibility index (Phi) is 4.67. The molecule has 0 aliphatic carbocycles. The van der Waals surface area contributed by atoms with Crippen LogP contribution in [0.3, 0.4) is 0 Å². The average Bonchev–Trinajstić information content (AvgIpc) is 3.22. The first kappa shape index (κ1) is 17.4. The molecular formula is C22H15N2RhSe-. The van der Waals surface area contributed by atoms with E-state index >= 15 is 0 Å². The first-order valence-electron chi connectivity index (χ1n) is 8.25. The van der Waals surface area contributed by atoms with Crippen LogP contribution < -0.4 is 0 Å². The van der Waals surface area contributed by atoms with Gasteiger partial charge in [0, 0.05) is 19.5 Å². The summed E-state index contributed by atoms with van der Waals surface area (Å²) in [6.07, 6.45) is 1.96. The Bertz CT molecular complexity index is 1210. The van der Waals surface area contributed by atoms with Gasteiger partial charge in [0.2, 0.25) is 0 Å². The third kappa shape index (κ3) is 2.79. The minimum Gasteiger partial charge on any atom is 0 e. The fourth-order valence-corrected chi connectivity index (χ4v) is 5.62. The molecule has 0 amide bonds. The maximum Gasteiger partial charge on any atom is 0 e. The minimum absolute atomic E-state index is 0. The number of hydrogen-bond acceptors (Lipinski definition) is 1. The molecule has 5 aromatic rings. The van der Waals surface area contributed by atoms with Crippen molar-refractivity contribution in [1.29, 1.82) is 0 Å². The molecule has 5 rings (SSSR count). The molecular weight excluding hydrogens is 474 g/mol. The molecule has 0 aliphatic heterocycles. The second kappa shape index (κ2) is 6.97. The summed E-state index contributed by atoms with van der Waals surface area (Å²) in [5.74, 6) is 0. The zero-order chi connectivity index (χ0) is 16.8. The minimum atomic E-state index is 0. The Morgan fingerprint density at radius 3 is 2.58 bits per heavy atom. The third-order valence-electron chi connectivity index (χ3n) is 4.62. The van der Waals surface area contributed by atoms with Gasteiger partial charge in [-0.1, -0.05) is 0 Å². The molecule has 0 saturated carbocycles. The number of rotatable bonds is 2. The van der Waals surface area contributed by atoms with E-state index < -0.39 is 0 Å². The number of fused-ring (bicyclic) bond motifs is 3. The van der Waals surface area contributed by atoms with E-state index in [0.717, 1.165) is 11.4 Å². The maximum absolute atomic E-state index is 4.59. The first-order chi connectivity index (χ1) is 12.3. The summed E-state index contributed by atoms with van der Waals surface area (Å²) in [5.41, 5.74) is 4.52. The smallest absolute Gasteiger partial charge is 0 e. The fourth-order valence-electron chi connectivity index (χ4n) is 3.35. The monoisotopic (exact) mass is 490 g/mol. The third-order valence-corrected chi connectivity index (χ3v) is 7.03. The van der Waals surface area contributed by atoms with Crippen LogP contribution >= 0.6 is 0 Å². The molecule has 1 radical (unpaired) electrons. The van der Waals surface area contributed by atoms with Gasteiger partial charge in [-0.3, -0.25) is 0 Å². The van der Waals surface area contributed by atoms with Crippen LogP contribution in [0.25, 0.3) is 36.1 Å². The largest absolute Gasteiger partial charge is 0 e. The van der Waals surface area contributed by atoms with E-state index in [-0.39, 0.29) is 19.5 Å². The fraction of sp³-hybridized carbons (Fsp3) is 0.0455. The summed E-state index contributed by atoms with van der Waals surface area (Å²) in [6.45, 7) is 2.12. The van der Waals surface area contributed by atoms with E-state index in [1.54, 1.807) is 0 Å². The summed E-state index contributed by atoms with van der Waals surface area (Å²) in [5, 5.41) is 7.36. The van der Waals surface area contributed by atoms with Gasteiger partial charge in [0.05, 0.1) is 0 Å². The van der Waals surface area contributed by atoms with Crippen molar-refractivity contribution in [2.45, 2.75) is 6.92 Å². The summed E-state index contributed by atoms with van der Waals surface area (Å²) >= 11 is 0.419. The van der Waals surface area contributed by atoms with Crippen molar-refractivity contribution < 1.29 is 19.5 Å². The van der Waals surface area contributed by atoms with Crippen LogP contribution in [-0.4, -0.2) is 24.3 Å². The van der Waals surface area contributed by atoms with E-state index in [1.807, 2.05) is 35.1 Å². The van der Waals surface area contributed by atoms with E-state index in [1.165, 1.54) is 30.4 Å². The Morgan fingerprint density at radius 2 is 1.73 bits per heavy atom. The molecule has 2 aromatic heterocycles. The molecule has 0 saturated heterocycles. The number of para-hydroxylation sites is 1. The molecule has 0 unspecified atom stereocenters. The molecule has 0 bridgehead atoms. The molecule has 2 nitrogen and oxygen atoms in total. The van der Waals surface area contributed by atoms with Crippen LogP contribution in [-0.2, 0) is 19.5 Å². The van der Waals surface area contributed by atoms with Gasteiger partial charge in [0.15, 0.2) is 0 Å². The van der Waals surface area contributed by atoms with Crippen molar-refractivity contribution >= 4 is 33.8 Å². The van der Waals surface area contributed by atoms with Crippen molar-refractivity contribution in [2.75, 3.05) is 0 Å². The van der Waals surface area contributed by atoms with Crippen LogP contribution in [0.2, 0.25) is 0 Å². The number of benzene rings is 3. The first-order valence-corrected chi connectivity index (χ1v) is 9.96. The molecule has 0 aliphatic rings. The Morgan fingerprint density at radius 1 is 0.923 bits per heavy atom. The zero-order valence-corrected chi connectivity index (χ0v) is 17.4. The standard InChI is InChI=1S/C22H15N2Se.Rh/c1-15-20(14-23-24(15)17-7-3-2-4-8-17)16-11-12-22-19(13-16)18-9-5-6-10-21(18)25-22;/h2-7,9-14H,1H3;/q-1;. The molecule has 0 spiro atoms. The van der Waals surface area contributed by atoms with Gasteiger partial charge < -0.3 is 0 Å². The van der Waals surface area contributed by atoms with Gasteiger partial charge in [0.25, 0.3) is 0 Å². The van der Waals surface area contributed by atoms with Gasteiger partial charge in [-0.25, -0.2) is 0 Å². The van der Waals surface area contributed by atoms with E-state index in [2.05, 4.69) is 60.6 Å². The maximum atomic E-state index is 4.59. The van der Waals surface area contributed by atoms with Crippen LogP contribution in [0.5, 0.6) is 0 Å². The Balaban J connectivity index is 0.00000168. The number of hydrogen-bond donors (Lipinski definition) is 0. The van der Waals surface area contributed by atoms with Crippen molar-refractivity contribution in [2.24, 2.45) is 0 Å². The summed E-state index contributed by atoms with van der Waals surface area (Å²) < 4.78 is 4.91. The summed E-state index contributed by atoms with van der Waals surface area (Å²) in [7, 11) is 0.